The highest BCUT2D eigenvalue weighted by atomic mass is 32.2. The summed E-state index contributed by atoms with van der Waals surface area (Å²) < 4.78 is 26.4. The molecule has 2 N–H and O–H groups in total. The van der Waals surface area contributed by atoms with Crippen LogP contribution in [0.4, 0.5) is 17.1 Å². The van der Waals surface area contributed by atoms with Gasteiger partial charge in [-0.25, -0.2) is 8.42 Å². The molecule has 0 aliphatic carbocycles. The minimum absolute atomic E-state index is 0.0830. The zero-order valence-corrected chi connectivity index (χ0v) is 17.7. The van der Waals surface area contributed by atoms with Gasteiger partial charge in [-0.15, -0.1) is 0 Å². The summed E-state index contributed by atoms with van der Waals surface area (Å²) in [7, 11) is -3.41. The van der Waals surface area contributed by atoms with E-state index in [0.29, 0.717) is 5.69 Å². The molecule has 1 aromatic rings. The summed E-state index contributed by atoms with van der Waals surface area (Å²) in [5.74, 6) is -0.0830. The van der Waals surface area contributed by atoms with Crippen LogP contribution in [0.2, 0.25) is 0 Å². The fraction of sp³-hybridized carbons (Fsp3) is 0.632. The quantitative estimate of drug-likeness (QED) is 0.819. The molecule has 0 fully saturated rings. The summed E-state index contributed by atoms with van der Waals surface area (Å²) in [6.45, 7) is 13.3. The number of carbonyl (C=O) groups excluding carboxylic acids is 1. The van der Waals surface area contributed by atoms with E-state index in [4.69, 9.17) is 0 Å². The summed E-state index contributed by atoms with van der Waals surface area (Å²) in [4.78, 5) is 15.0. The lowest BCUT2D eigenvalue weighted by Gasteiger charge is -2.28. The van der Waals surface area contributed by atoms with Crippen molar-refractivity contribution in [2.45, 2.75) is 54.4 Å². The van der Waals surface area contributed by atoms with Gasteiger partial charge in [-0.05, 0) is 43.4 Å². The summed E-state index contributed by atoms with van der Waals surface area (Å²) in [5.41, 5.74) is 4.61. The Morgan fingerprint density at radius 3 is 2.27 bits per heavy atom. The molecule has 2 rings (SSSR count). The Bertz CT molecular complexity index is 824. The first-order valence-corrected chi connectivity index (χ1v) is 11.0. The number of hydrogen-bond donors (Lipinski definition) is 2. The Kier molecular flexibility index (Phi) is 5.61. The summed E-state index contributed by atoms with van der Waals surface area (Å²) in [6, 6.07) is 0. The molecule has 6 nitrogen and oxygen atoms in total. The van der Waals surface area contributed by atoms with Crippen molar-refractivity contribution in [3.63, 3.8) is 0 Å². The molecule has 0 aromatic heterocycles. The fourth-order valence-electron chi connectivity index (χ4n) is 3.36. The van der Waals surface area contributed by atoms with Gasteiger partial charge < -0.3 is 10.2 Å². The van der Waals surface area contributed by atoms with Crippen LogP contribution in [0, 0.1) is 19.3 Å². The summed E-state index contributed by atoms with van der Waals surface area (Å²) >= 11 is 0. The number of fused-ring (bicyclic) bond motifs is 1. The van der Waals surface area contributed by atoms with E-state index < -0.39 is 15.4 Å². The maximum atomic E-state index is 12.7. The fourth-order valence-corrected chi connectivity index (χ4v) is 4.04. The van der Waals surface area contributed by atoms with Crippen molar-refractivity contribution in [1.82, 2.24) is 0 Å². The Morgan fingerprint density at radius 1 is 1.15 bits per heavy atom. The van der Waals surface area contributed by atoms with Crippen LogP contribution in [0.5, 0.6) is 0 Å². The molecule has 1 aliphatic rings. The molecule has 0 atom stereocenters. The zero-order chi connectivity index (χ0) is 19.9. The predicted molar refractivity (Wildman–Crippen MR) is 109 cm³/mol. The van der Waals surface area contributed by atoms with Crippen molar-refractivity contribution >= 4 is 33.0 Å². The minimum atomic E-state index is -3.41. The Morgan fingerprint density at radius 2 is 1.77 bits per heavy atom. The van der Waals surface area contributed by atoms with E-state index in [1.165, 1.54) is 0 Å². The lowest BCUT2D eigenvalue weighted by Crippen LogP contribution is -2.30. The number of nitrogens with one attached hydrogen (secondary N) is 2. The van der Waals surface area contributed by atoms with Gasteiger partial charge in [0.1, 0.15) is 0 Å². The standard InChI is InChI=1S/C19H31N3O3S/c1-8-10-22-11-9-14-12(2)15(21-26(7,24)25)13(3)16(17(14)22)20-18(23)19(4,5)6/h21H,8-11H2,1-7H3,(H,20,23). The first-order valence-electron chi connectivity index (χ1n) is 9.07. The van der Waals surface area contributed by atoms with Crippen LogP contribution < -0.4 is 14.9 Å². The second-order valence-corrected chi connectivity index (χ2v) is 9.89. The van der Waals surface area contributed by atoms with Crippen LogP contribution in [0.3, 0.4) is 0 Å². The predicted octanol–water partition coefficient (Wildman–Crippen LogP) is 3.43. The number of carbonyl (C=O) groups is 1. The van der Waals surface area contributed by atoms with Gasteiger partial charge in [0.05, 0.1) is 23.3 Å². The Balaban J connectivity index is 2.68. The van der Waals surface area contributed by atoms with Gasteiger partial charge in [0.15, 0.2) is 0 Å². The first-order chi connectivity index (χ1) is 11.9. The summed E-state index contributed by atoms with van der Waals surface area (Å²) in [5, 5.41) is 3.08. The Labute approximate surface area is 157 Å². The number of hydrogen-bond acceptors (Lipinski definition) is 4. The SMILES string of the molecule is CCCN1CCc2c(C)c(NS(C)(=O)=O)c(C)c(NC(=O)C(C)(C)C)c21. The smallest absolute Gasteiger partial charge is 0.229 e. The lowest BCUT2D eigenvalue weighted by molar-refractivity contribution is -0.123. The molecule has 0 saturated heterocycles. The van der Waals surface area contributed by atoms with Crippen LogP contribution in [0.15, 0.2) is 0 Å². The lowest BCUT2D eigenvalue weighted by atomic mass is 9.94. The molecule has 0 spiro atoms. The molecule has 7 heteroatoms. The second-order valence-electron chi connectivity index (χ2n) is 8.14. The average molecular weight is 382 g/mol. The highest BCUT2D eigenvalue weighted by molar-refractivity contribution is 7.92. The van der Waals surface area contributed by atoms with E-state index in [1.807, 2.05) is 34.6 Å². The number of amides is 1. The van der Waals surface area contributed by atoms with Crippen molar-refractivity contribution in [3.05, 3.63) is 16.7 Å². The third-order valence-electron chi connectivity index (χ3n) is 4.75. The van der Waals surface area contributed by atoms with Gasteiger partial charge in [-0.3, -0.25) is 9.52 Å². The second kappa shape index (κ2) is 7.10. The maximum absolute atomic E-state index is 12.7. The third kappa shape index (κ3) is 4.14. The molecule has 0 radical (unpaired) electrons. The molecular formula is C19H31N3O3S. The maximum Gasteiger partial charge on any atom is 0.229 e. The van der Waals surface area contributed by atoms with E-state index in [0.717, 1.165) is 60.3 Å². The van der Waals surface area contributed by atoms with E-state index in [9.17, 15) is 13.2 Å². The number of rotatable bonds is 5. The van der Waals surface area contributed by atoms with Gasteiger partial charge in [-0.1, -0.05) is 27.7 Å². The zero-order valence-electron chi connectivity index (χ0n) is 16.9. The van der Waals surface area contributed by atoms with Gasteiger partial charge in [0.2, 0.25) is 15.9 Å². The van der Waals surface area contributed by atoms with Gasteiger partial charge in [0, 0.05) is 18.5 Å². The van der Waals surface area contributed by atoms with Gasteiger partial charge >= 0.3 is 0 Å². The van der Waals surface area contributed by atoms with Gasteiger partial charge in [-0.2, -0.15) is 0 Å². The topological polar surface area (TPSA) is 78.5 Å². The molecule has 1 amide bonds. The van der Waals surface area contributed by atoms with E-state index in [2.05, 4.69) is 21.9 Å². The highest BCUT2D eigenvalue weighted by Crippen LogP contribution is 2.45. The first kappa shape index (κ1) is 20.6. The molecule has 1 heterocycles. The van der Waals surface area contributed by atoms with Crippen LogP contribution in [-0.4, -0.2) is 33.7 Å². The van der Waals surface area contributed by atoms with Crippen LogP contribution in [-0.2, 0) is 21.2 Å². The van der Waals surface area contributed by atoms with Crippen LogP contribution in [0.25, 0.3) is 0 Å². The molecule has 0 saturated carbocycles. The van der Waals surface area contributed by atoms with Crippen LogP contribution >= 0.6 is 0 Å². The number of nitrogens with zero attached hydrogens (tertiary/aromatic N) is 1. The molecule has 1 aromatic carbocycles. The largest absolute Gasteiger partial charge is 0.369 e. The van der Waals surface area contributed by atoms with Crippen LogP contribution in [0.1, 0.15) is 50.8 Å². The number of sulfonamides is 1. The molecule has 1 aliphatic heterocycles. The molecule has 0 bridgehead atoms. The van der Waals surface area contributed by atoms with Crippen molar-refractivity contribution in [3.8, 4) is 0 Å². The summed E-state index contributed by atoms with van der Waals surface area (Å²) in [6.07, 6.45) is 3.00. The monoisotopic (exact) mass is 381 g/mol. The number of anilines is 3. The van der Waals surface area contributed by atoms with Crippen molar-refractivity contribution in [2.24, 2.45) is 5.41 Å². The van der Waals surface area contributed by atoms with Crippen molar-refractivity contribution in [2.75, 3.05) is 34.3 Å². The Hall–Kier alpha value is -1.76. The van der Waals surface area contributed by atoms with E-state index >= 15 is 0 Å². The molecular weight excluding hydrogens is 350 g/mol. The highest BCUT2D eigenvalue weighted by Gasteiger charge is 2.31. The minimum Gasteiger partial charge on any atom is -0.369 e. The molecule has 146 valence electrons. The number of benzene rings is 1. The van der Waals surface area contributed by atoms with Crippen molar-refractivity contribution < 1.29 is 13.2 Å². The normalized spacial score (nSPS) is 14.3. The average Bonchev–Trinajstić information content (AvgIpc) is 2.90. The molecule has 0 unspecified atom stereocenters. The molecule has 26 heavy (non-hydrogen) atoms. The van der Waals surface area contributed by atoms with E-state index in [-0.39, 0.29) is 5.91 Å². The van der Waals surface area contributed by atoms with Crippen molar-refractivity contribution in [1.29, 1.82) is 0 Å². The third-order valence-corrected chi connectivity index (χ3v) is 5.32. The van der Waals surface area contributed by atoms with E-state index in [1.54, 1.807) is 0 Å². The van der Waals surface area contributed by atoms with Gasteiger partial charge in [0.25, 0.3) is 0 Å².